The van der Waals surface area contributed by atoms with Crippen LogP contribution in [0.4, 0.5) is 0 Å². The largest absolute Gasteiger partial charge is 0.367 e. The molecule has 1 aliphatic rings. The summed E-state index contributed by atoms with van der Waals surface area (Å²) < 4.78 is 5.79. The second kappa shape index (κ2) is 3.61. The van der Waals surface area contributed by atoms with E-state index < -0.39 is 0 Å². The summed E-state index contributed by atoms with van der Waals surface area (Å²) in [6.07, 6.45) is 3.69. The highest BCUT2D eigenvalue weighted by Gasteiger charge is 2.32. The molecule has 1 atom stereocenters. The average Bonchev–Trinajstić information content (AvgIpc) is 2.31. The first-order chi connectivity index (χ1) is 5.60. The zero-order valence-electron chi connectivity index (χ0n) is 8.74. The van der Waals surface area contributed by atoms with Crippen LogP contribution in [-0.4, -0.2) is 12.2 Å². The van der Waals surface area contributed by atoms with Crippen LogP contribution in [-0.2, 0) is 4.74 Å². The Morgan fingerprint density at radius 3 is 2.50 bits per heavy atom. The molecule has 0 aromatic carbocycles. The zero-order valence-corrected chi connectivity index (χ0v) is 8.74. The minimum absolute atomic E-state index is 0.0556. The van der Waals surface area contributed by atoms with E-state index in [4.69, 9.17) is 4.74 Å². The lowest BCUT2D eigenvalue weighted by atomic mass is 9.90. The summed E-state index contributed by atoms with van der Waals surface area (Å²) in [6, 6.07) is 0. The first-order valence-corrected chi connectivity index (χ1v) is 4.91. The molecule has 0 amide bonds. The minimum Gasteiger partial charge on any atom is -0.367 e. The van der Waals surface area contributed by atoms with E-state index in [-0.39, 0.29) is 5.60 Å². The van der Waals surface area contributed by atoms with Gasteiger partial charge in [0.2, 0.25) is 0 Å². The Balaban J connectivity index is 2.61. The Kier molecular flexibility index (Phi) is 2.94. The van der Waals surface area contributed by atoms with Gasteiger partial charge in [0.1, 0.15) is 0 Å². The van der Waals surface area contributed by atoms with Gasteiger partial charge in [0.15, 0.2) is 0 Å². The van der Waals surface area contributed by atoms with Crippen molar-refractivity contribution in [3.63, 3.8) is 0 Å². The third kappa shape index (κ3) is 1.71. The van der Waals surface area contributed by atoms with Gasteiger partial charge in [-0.25, -0.2) is 0 Å². The Bertz CT molecular complexity index is 193. The fourth-order valence-corrected chi connectivity index (χ4v) is 1.71. The molecule has 1 aliphatic heterocycles. The van der Waals surface area contributed by atoms with E-state index in [1.165, 1.54) is 30.4 Å². The lowest BCUT2D eigenvalue weighted by molar-refractivity contribution is 0.0242. The molecule has 0 bridgehead atoms. The predicted molar refractivity (Wildman–Crippen MR) is 52.3 cm³/mol. The highest BCUT2D eigenvalue weighted by Crippen LogP contribution is 2.34. The van der Waals surface area contributed by atoms with Crippen molar-refractivity contribution in [3.8, 4) is 0 Å². The molecule has 0 fully saturated rings. The smallest absolute Gasteiger partial charge is 0.0868 e. The van der Waals surface area contributed by atoms with Gasteiger partial charge in [-0.05, 0) is 38.3 Å². The normalized spacial score (nSPS) is 30.0. The SMILES string of the molecule is CCCCC1(C)OCC(C)=C1C. The second-order valence-corrected chi connectivity index (χ2v) is 4.03. The molecule has 0 N–H and O–H groups in total. The third-order valence-corrected chi connectivity index (χ3v) is 3.05. The topological polar surface area (TPSA) is 9.23 Å². The molecular weight excluding hydrogens is 148 g/mol. The number of hydrogen-bond acceptors (Lipinski definition) is 1. The standard InChI is InChI=1S/C11H20O/c1-5-6-7-11(4)10(3)9(2)8-12-11/h5-8H2,1-4H3. The number of unbranched alkanes of at least 4 members (excludes halogenated alkanes) is 1. The zero-order chi connectivity index (χ0) is 9.19. The summed E-state index contributed by atoms with van der Waals surface area (Å²) in [5.74, 6) is 0. The van der Waals surface area contributed by atoms with Crippen molar-refractivity contribution in [1.82, 2.24) is 0 Å². The first kappa shape index (κ1) is 9.79. The van der Waals surface area contributed by atoms with Crippen LogP contribution >= 0.6 is 0 Å². The molecule has 0 saturated carbocycles. The summed E-state index contributed by atoms with van der Waals surface area (Å²) in [4.78, 5) is 0. The van der Waals surface area contributed by atoms with Crippen LogP contribution in [0, 0.1) is 0 Å². The van der Waals surface area contributed by atoms with Crippen molar-refractivity contribution >= 4 is 0 Å². The quantitative estimate of drug-likeness (QED) is 0.587. The van der Waals surface area contributed by atoms with Gasteiger partial charge >= 0.3 is 0 Å². The van der Waals surface area contributed by atoms with Crippen LogP contribution in [0.5, 0.6) is 0 Å². The molecule has 12 heavy (non-hydrogen) atoms. The molecule has 1 heterocycles. The molecule has 70 valence electrons. The van der Waals surface area contributed by atoms with E-state index in [1.807, 2.05) is 0 Å². The Morgan fingerprint density at radius 1 is 1.42 bits per heavy atom. The van der Waals surface area contributed by atoms with Crippen LogP contribution in [0.1, 0.15) is 47.0 Å². The van der Waals surface area contributed by atoms with E-state index in [0.717, 1.165) is 6.61 Å². The highest BCUT2D eigenvalue weighted by molar-refractivity contribution is 5.25. The van der Waals surface area contributed by atoms with Crippen molar-refractivity contribution in [2.24, 2.45) is 0 Å². The summed E-state index contributed by atoms with van der Waals surface area (Å²) in [5.41, 5.74) is 2.93. The molecule has 0 radical (unpaired) electrons. The molecule has 0 spiro atoms. The van der Waals surface area contributed by atoms with Crippen LogP contribution in [0.3, 0.4) is 0 Å². The number of ether oxygens (including phenoxy) is 1. The van der Waals surface area contributed by atoms with E-state index in [0.29, 0.717) is 0 Å². The fraction of sp³-hybridized carbons (Fsp3) is 0.818. The predicted octanol–water partition coefficient (Wildman–Crippen LogP) is 3.30. The van der Waals surface area contributed by atoms with E-state index in [2.05, 4.69) is 27.7 Å². The van der Waals surface area contributed by atoms with Crippen LogP contribution in [0.15, 0.2) is 11.1 Å². The molecule has 0 saturated heterocycles. The van der Waals surface area contributed by atoms with Crippen LogP contribution in [0.2, 0.25) is 0 Å². The highest BCUT2D eigenvalue weighted by atomic mass is 16.5. The lowest BCUT2D eigenvalue weighted by Gasteiger charge is -2.25. The van der Waals surface area contributed by atoms with Crippen LogP contribution in [0.25, 0.3) is 0 Å². The molecule has 0 aromatic heterocycles. The van der Waals surface area contributed by atoms with Crippen molar-refractivity contribution in [3.05, 3.63) is 11.1 Å². The van der Waals surface area contributed by atoms with E-state index in [9.17, 15) is 0 Å². The van der Waals surface area contributed by atoms with Gasteiger partial charge in [-0.15, -0.1) is 0 Å². The van der Waals surface area contributed by atoms with Crippen molar-refractivity contribution < 1.29 is 4.74 Å². The minimum atomic E-state index is 0.0556. The maximum absolute atomic E-state index is 5.79. The second-order valence-electron chi connectivity index (χ2n) is 4.03. The van der Waals surface area contributed by atoms with Gasteiger partial charge in [-0.1, -0.05) is 19.8 Å². The molecule has 0 aromatic rings. The monoisotopic (exact) mass is 168 g/mol. The molecular formula is C11H20O. The lowest BCUT2D eigenvalue weighted by Crippen LogP contribution is -2.25. The van der Waals surface area contributed by atoms with Gasteiger partial charge < -0.3 is 4.74 Å². The third-order valence-electron chi connectivity index (χ3n) is 3.05. The van der Waals surface area contributed by atoms with E-state index >= 15 is 0 Å². The van der Waals surface area contributed by atoms with Crippen LogP contribution < -0.4 is 0 Å². The van der Waals surface area contributed by atoms with Gasteiger partial charge in [0, 0.05) is 0 Å². The van der Waals surface area contributed by atoms with Gasteiger partial charge in [-0.2, -0.15) is 0 Å². The van der Waals surface area contributed by atoms with Gasteiger partial charge in [0.25, 0.3) is 0 Å². The maximum atomic E-state index is 5.79. The van der Waals surface area contributed by atoms with Crippen molar-refractivity contribution in [2.45, 2.75) is 52.6 Å². The van der Waals surface area contributed by atoms with Crippen molar-refractivity contribution in [1.29, 1.82) is 0 Å². The Hall–Kier alpha value is -0.300. The van der Waals surface area contributed by atoms with E-state index in [1.54, 1.807) is 0 Å². The summed E-state index contributed by atoms with van der Waals surface area (Å²) in [6.45, 7) is 9.66. The maximum Gasteiger partial charge on any atom is 0.0868 e. The average molecular weight is 168 g/mol. The first-order valence-electron chi connectivity index (χ1n) is 4.91. The molecule has 1 nitrogen and oxygen atoms in total. The Labute approximate surface area is 75.8 Å². The molecule has 1 heteroatoms. The molecule has 1 unspecified atom stereocenters. The fourth-order valence-electron chi connectivity index (χ4n) is 1.71. The summed E-state index contributed by atoms with van der Waals surface area (Å²) in [7, 11) is 0. The van der Waals surface area contributed by atoms with Crippen molar-refractivity contribution in [2.75, 3.05) is 6.61 Å². The summed E-state index contributed by atoms with van der Waals surface area (Å²) in [5, 5.41) is 0. The summed E-state index contributed by atoms with van der Waals surface area (Å²) >= 11 is 0. The number of rotatable bonds is 3. The van der Waals surface area contributed by atoms with Gasteiger partial charge in [0.05, 0.1) is 12.2 Å². The molecule has 0 aliphatic carbocycles. The number of hydrogen-bond donors (Lipinski definition) is 0. The Morgan fingerprint density at radius 2 is 2.08 bits per heavy atom. The molecule has 1 rings (SSSR count). The van der Waals surface area contributed by atoms with Gasteiger partial charge in [-0.3, -0.25) is 0 Å².